The summed E-state index contributed by atoms with van der Waals surface area (Å²) in [7, 11) is 0. The molecule has 0 aliphatic rings. The first kappa shape index (κ1) is 12.2. The summed E-state index contributed by atoms with van der Waals surface area (Å²) in [5, 5.41) is 9.37. The largest absolute Gasteiger partial charge is 0.573 e. The van der Waals surface area contributed by atoms with Gasteiger partial charge in [-0.1, -0.05) is 12.1 Å². The van der Waals surface area contributed by atoms with Gasteiger partial charge in [-0.05, 0) is 29.7 Å². The molecular formula is C12H7F3O3. The maximum Gasteiger partial charge on any atom is 0.573 e. The fraction of sp³-hybridized carbons (Fsp3) is 0.0833. The molecule has 0 fully saturated rings. The van der Waals surface area contributed by atoms with E-state index in [9.17, 15) is 18.0 Å². The van der Waals surface area contributed by atoms with Crippen molar-refractivity contribution in [2.24, 2.45) is 0 Å². The van der Waals surface area contributed by atoms with E-state index in [0.717, 1.165) is 0 Å². The number of carbonyl (C=O) groups is 1. The van der Waals surface area contributed by atoms with Gasteiger partial charge in [-0.15, -0.1) is 13.2 Å². The molecule has 0 bridgehead atoms. The molecule has 3 nitrogen and oxygen atoms in total. The smallest absolute Gasteiger partial charge is 0.478 e. The molecule has 2 aromatic rings. The van der Waals surface area contributed by atoms with E-state index in [1.165, 1.54) is 36.4 Å². The van der Waals surface area contributed by atoms with Crippen LogP contribution < -0.4 is 4.74 Å². The summed E-state index contributed by atoms with van der Waals surface area (Å²) in [5.41, 5.74) is 0.00617. The Morgan fingerprint density at radius 3 is 2.50 bits per heavy atom. The zero-order chi connectivity index (χ0) is 13.3. The van der Waals surface area contributed by atoms with Crippen molar-refractivity contribution in [3.63, 3.8) is 0 Å². The number of rotatable bonds is 2. The number of ether oxygens (including phenoxy) is 1. The van der Waals surface area contributed by atoms with Crippen LogP contribution in [0, 0.1) is 0 Å². The van der Waals surface area contributed by atoms with E-state index in [-0.39, 0.29) is 16.7 Å². The van der Waals surface area contributed by atoms with Gasteiger partial charge in [-0.25, -0.2) is 4.79 Å². The number of alkyl halides is 3. The second kappa shape index (κ2) is 4.21. The lowest BCUT2D eigenvalue weighted by Gasteiger charge is -2.11. The van der Waals surface area contributed by atoms with Crippen LogP contribution in [-0.4, -0.2) is 17.4 Å². The molecule has 6 heteroatoms. The van der Waals surface area contributed by atoms with Crippen molar-refractivity contribution in [2.75, 3.05) is 0 Å². The number of carboxylic acid groups (broad SMARTS) is 1. The topological polar surface area (TPSA) is 46.5 Å². The van der Waals surface area contributed by atoms with Gasteiger partial charge in [0.15, 0.2) is 0 Å². The van der Waals surface area contributed by atoms with Crippen LogP contribution in [0.15, 0.2) is 36.4 Å². The van der Waals surface area contributed by atoms with Crippen LogP contribution in [-0.2, 0) is 0 Å². The van der Waals surface area contributed by atoms with Crippen molar-refractivity contribution in [3.8, 4) is 5.75 Å². The Morgan fingerprint density at radius 1 is 1.17 bits per heavy atom. The van der Waals surface area contributed by atoms with Gasteiger partial charge < -0.3 is 9.84 Å². The minimum Gasteiger partial charge on any atom is -0.478 e. The Morgan fingerprint density at radius 2 is 1.89 bits per heavy atom. The van der Waals surface area contributed by atoms with Crippen LogP contribution in [0.2, 0.25) is 0 Å². The van der Waals surface area contributed by atoms with Gasteiger partial charge in [-0.3, -0.25) is 0 Å². The summed E-state index contributed by atoms with van der Waals surface area (Å²) in [4.78, 5) is 10.7. The summed E-state index contributed by atoms with van der Waals surface area (Å²) in [6, 6.07) is 7.88. The second-order valence-corrected chi connectivity index (χ2v) is 3.55. The molecule has 0 heterocycles. The zero-order valence-corrected chi connectivity index (χ0v) is 8.86. The molecule has 0 saturated heterocycles. The third kappa shape index (κ3) is 2.53. The van der Waals surface area contributed by atoms with Crippen LogP contribution in [0.1, 0.15) is 10.4 Å². The molecule has 18 heavy (non-hydrogen) atoms. The third-order valence-corrected chi connectivity index (χ3v) is 2.31. The number of benzene rings is 2. The van der Waals surface area contributed by atoms with Gasteiger partial charge in [0, 0.05) is 5.39 Å². The highest BCUT2D eigenvalue weighted by Crippen LogP contribution is 2.30. The third-order valence-electron chi connectivity index (χ3n) is 2.31. The Bertz CT molecular complexity index is 605. The molecule has 1 N–H and O–H groups in total. The monoisotopic (exact) mass is 256 g/mol. The van der Waals surface area contributed by atoms with Gasteiger partial charge in [0.05, 0.1) is 5.56 Å². The first-order valence-electron chi connectivity index (χ1n) is 4.88. The van der Waals surface area contributed by atoms with E-state index >= 15 is 0 Å². The van der Waals surface area contributed by atoms with Crippen molar-refractivity contribution in [3.05, 3.63) is 42.0 Å². The lowest BCUT2D eigenvalue weighted by atomic mass is 10.1. The predicted octanol–water partition coefficient (Wildman–Crippen LogP) is 3.44. The number of fused-ring (bicyclic) bond motifs is 1. The molecule has 0 radical (unpaired) electrons. The van der Waals surface area contributed by atoms with E-state index < -0.39 is 12.3 Å². The number of hydrogen-bond acceptors (Lipinski definition) is 2. The molecule has 2 aromatic carbocycles. The Hall–Kier alpha value is -2.24. The number of aromatic carboxylic acids is 1. The van der Waals surface area contributed by atoms with Crippen LogP contribution in [0.25, 0.3) is 10.8 Å². The Labute approximate surface area is 99.4 Å². The van der Waals surface area contributed by atoms with Crippen LogP contribution in [0.4, 0.5) is 13.2 Å². The molecule has 0 amide bonds. The first-order valence-corrected chi connectivity index (χ1v) is 4.88. The molecule has 0 saturated carbocycles. The number of halogens is 3. The molecular weight excluding hydrogens is 249 g/mol. The maximum atomic E-state index is 12.2. The predicted molar refractivity (Wildman–Crippen MR) is 57.6 cm³/mol. The highest BCUT2D eigenvalue weighted by molar-refractivity contribution is 5.96. The minimum absolute atomic E-state index is 0.00617. The molecule has 0 spiro atoms. The van der Waals surface area contributed by atoms with Crippen molar-refractivity contribution in [1.82, 2.24) is 0 Å². The molecule has 0 atom stereocenters. The summed E-state index contributed by atoms with van der Waals surface area (Å²) in [6.07, 6.45) is -4.78. The van der Waals surface area contributed by atoms with Crippen LogP contribution in [0.5, 0.6) is 5.75 Å². The van der Waals surface area contributed by atoms with Gasteiger partial charge in [0.2, 0.25) is 0 Å². The lowest BCUT2D eigenvalue weighted by molar-refractivity contribution is -0.274. The molecule has 94 valence electrons. The zero-order valence-electron chi connectivity index (χ0n) is 8.86. The van der Waals surface area contributed by atoms with E-state index in [1.807, 2.05) is 0 Å². The average molecular weight is 256 g/mol. The fourth-order valence-corrected chi connectivity index (χ4v) is 1.60. The summed E-state index contributed by atoms with van der Waals surface area (Å²) in [5.74, 6) is -1.49. The second-order valence-electron chi connectivity index (χ2n) is 3.55. The van der Waals surface area contributed by atoms with Crippen LogP contribution >= 0.6 is 0 Å². The average Bonchev–Trinajstić information content (AvgIpc) is 2.26. The first-order chi connectivity index (χ1) is 8.37. The molecule has 0 unspecified atom stereocenters. The van der Waals surface area contributed by atoms with E-state index in [4.69, 9.17) is 5.11 Å². The van der Waals surface area contributed by atoms with Gasteiger partial charge in [-0.2, -0.15) is 0 Å². The molecule has 2 rings (SSSR count). The summed E-state index contributed by atoms with van der Waals surface area (Å²) >= 11 is 0. The van der Waals surface area contributed by atoms with Crippen LogP contribution in [0.3, 0.4) is 0 Å². The van der Waals surface area contributed by atoms with Gasteiger partial charge in [0.1, 0.15) is 5.75 Å². The molecule has 0 aliphatic carbocycles. The lowest BCUT2D eigenvalue weighted by Crippen LogP contribution is -2.17. The normalized spacial score (nSPS) is 11.5. The standard InChI is InChI=1S/C12H7F3O3/c13-12(14,15)18-10-3-1-2-7-6-8(11(16)17)4-5-9(7)10/h1-6H,(H,16,17). The fourth-order valence-electron chi connectivity index (χ4n) is 1.60. The van der Waals surface area contributed by atoms with Crippen molar-refractivity contribution < 1.29 is 27.8 Å². The van der Waals surface area contributed by atoms with Crippen molar-refractivity contribution >= 4 is 16.7 Å². The van der Waals surface area contributed by atoms with E-state index in [1.54, 1.807) is 0 Å². The highest BCUT2D eigenvalue weighted by Gasteiger charge is 2.31. The van der Waals surface area contributed by atoms with Gasteiger partial charge >= 0.3 is 12.3 Å². The number of carboxylic acids is 1. The Balaban J connectivity index is 2.54. The molecule has 0 aliphatic heterocycles. The van der Waals surface area contributed by atoms with E-state index in [0.29, 0.717) is 5.39 Å². The summed E-state index contributed by atoms with van der Waals surface area (Å²) < 4.78 is 40.3. The maximum absolute atomic E-state index is 12.2. The molecule has 0 aromatic heterocycles. The summed E-state index contributed by atoms with van der Waals surface area (Å²) in [6.45, 7) is 0. The number of hydrogen-bond donors (Lipinski definition) is 1. The van der Waals surface area contributed by atoms with Crippen molar-refractivity contribution in [2.45, 2.75) is 6.36 Å². The SMILES string of the molecule is O=C(O)c1ccc2c(OC(F)(F)F)cccc2c1. The van der Waals surface area contributed by atoms with E-state index in [2.05, 4.69) is 4.74 Å². The van der Waals surface area contributed by atoms with Gasteiger partial charge in [0.25, 0.3) is 0 Å². The minimum atomic E-state index is -4.78. The Kier molecular flexibility index (Phi) is 2.86. The van der Waals surface area contributed by atoms with Crippen molar-refractivity contribution in [1.29, 1.82) is 0 Å². The quantitative estimate of drug-likeness (QED) is 0.895. The highest BCUT2D eigenvalue weighted by atomic mass is 19.4.